The first kappa shape index (κ1) is 15.0. The minimum Gasteiger partial charge on any atom is -0.367 e. The lowest BCUT2D eigenvalue weighted by Gasteiger charge is -2.33. The summed E-state index contributed by atoms with van der Waals surface area (Å²) in [5, 5.41) is 3.49. The standard InChI is InChI=1S/C17H21N5O2/c1-20-6-8-21(9-7-20)15-11-18-14-3-2-12(10-13(14)15)22-5-4-16(23)19-17(22)24/h2-3,10-11,18H,4-9H2,1H3,(H,19,23,24). The van der Waals surface area contributed by atoms with E-state index in [4.69, 9.17) is 0 Å². The third kappa shape index (κ3) is 2.60. The predicted molar refractivity (Wildman–Crippen MR) is 93.5 cm³/mol. The molecule has 2 N–H and O–H groups in total. The van der Waals surface area contributed by atoms with Crippen molar-refractivity contribution in [1.82, 2.24) is 15.2 Å². The van der Waals surface area contributed by atoms with Gasteiger partial charge in [-0.3, -0.25) is 15.0 Å². The number of likely N-dealkylation sites (N-methyl/N-ethyl adjacent to an activating group) is 1. The maximum Gasteiger partial charge on any atom is 0.328 e. The van der Waals surface area contributed by atoms with Crippen LogP contribution in [-0.2, 0) is 4.79 Å². The summed E-state index contributed by atoms with van der Waals surface area (Å²) in [6.07, 6.45) is 2.38. The van der Waals surface area contributed by atoms with Gasteiger partial charge in [-0.15, -0.1) is 0 Å². The van der Waals surface area contributed by atoms with Gasteiger partial charge in [-0.05, 0) is 25.2 Å². The number of H-pyrrole nitrogens is 1. The molecule has 2 aliphatic heterocycles. The Bertz CT molecular complexity index is 791. The summed E-state index contributed by atoms with van der Waals surface area (Å²) in [5.74, 6) is -0.211. The van der Waals surface area contributed by atoms with Gasteiger partial charge < -0.3 is 14.8 Å². The van der Waals surface area contributed by atoms with Crippen LogP contribution in [0.15, 0.2) is 24.4 Å². The van der Waals surface area contributed by atoms with Crippen LogP contribution < -0.4 is 15.1 Å². The molecule has 7 heteroatoms. The maximum atomic E-state index is 12.1. The molecule has 0 bridgehead atoms. The lowest BCUT2D eigenvalue weighted by Crippen LogP contribution is -2.49. The Morgan fingerprint density at radius 2 is 1.83 bits per heavy atom. The zero-order chi connectivity index (χ0) is 16.7. The molecule has 0 atom stereocenters. The number of imide groups is 1. The van der Waals surface area contributed by atoms with Crippen LogP contribution in [0.25, 0.3) is 10.9 Å². The number of benzene rings is 1. The van der Waals surface area contributed by atoms with E-state index in [1.165, 1.54) is 5.69 Å². The molecule has 2 aromatic rings. The normalized spacial score (nSPS) is 19.9. The average molecular weight is 327 g/mol. The number of hydrogen-bond donors (Lipinski definition) is 2. The van der Waals surface area contributed by atoms with Crippen molar-refractivity contribution in [3.8, 4) is 0 Å². The summed E-state index contributed by atoms with van der Waals surface area (Å²) in [4.78, 5) is 33.1. The topological polar surface area (TPSA) is 71.7 Å². The number of nitrogens with one attached hydrogen (secondary N) is 2. The quantitative estimate of drug-likeness (QED) is 0.874. The van der Waals surface area contributed by atoms with Crippen LogP contribution in [0.5, 0.6) is 0 Å². The van der Waals surface area contributed by atoms with Crippen LogP contribution in [0.4, 0.5) is 16.2 Å². The van der Waals surface area contributed by atoms with Crippen LogP contribution >= 0.6 is 0 Å². The molecule has 2 saturated heterocycles. The van der Waals surface area contributed by atoms with Gasteiger partial charge in [-0.2, -0.15) is 0 Å². The van der Waals surface area contributed by atoms with Crippen molar-refractivity contribution in [3.05, 3.63) is 24.4 Å². The molecule has 0 saturated carbocycles. The first-order valence-electron chi connectivity index (χ1n) is 8.28. The summed E-state index contributed by atoms with van der Waals surface area (Å²) < 4.78 is 0. The highest BCUT2D eigenvalue weighted by Gasteiger charge is 2.25. The summed E-state index contributed by atoms with van der Waals surface area (Å²) in [6, 6.07) is 5.60. The summed E-state index contributed by atoms with van der Waals surface area (Å²) in [7, 11) is 2.14. The van der Waals surface area contributed by atoms with E-state index in [0.717, 1.165) is 42.8 Å². The van der Waals surface area contributed by atoms with Crippen LogP contribution in [0, 0.1) is 0 Å². The lowest BCUT2D eigenvalue weighted by atomic mass is 10.1. The Balaban J connectivity index is 1.66. The Morgan fingerprint density at radius 1 is 1.04 bits per heavy atom. The fourth-order valence-electron chi connectivity index (χ4n) is 3.38. The number of aromatic amines is 1. The van der Waals surface area contributed by atoms with Gasteiger partial charge in [0.15, 0.2) is 0 Å². The Kier molecular flexibility index (Phi) is 3.65. The number of urea groups is 1. The van der Waals surface area contributed by atoms with Crippen LogP contribution in [-0.4, -0.2) is 61.6 Å². The molecule has 0 radical (unpaired) electrons. The van der Waals surface area contributed by atoms with Crippen LogP contribution in [0.1, 0.15) is 6.42 Å². The third-order valence-electron chi connectivity index (χ3n) is 4.85. The van der Waals surface area contributed by atoms with Gasteiger partial charge >= 0.3 is 6.03 Å². The largest absolute Gasteiger partial charge is 0.367 e. The highest BCUT2D eigenvalue weighted by atomic mass is 16.2. The molecule has 7 nitrogen and oxygen atoms in total. The first-order valence-corrected chi connectivity index (χ1v) is 8.28. The summed E-state index contributed by atoms with van der Waals surface area (Å²) in [6.45, 7) is 4.50. The summed E-state index contributed by atoms with van der Waals surface area (Å²) >= 11 is 0. The third-order valence-corrected chi connectivity index (χ3v) is 4.85. The van der Waals surface area contributed by atoms with E-state index < -0.39 is 0 Å². The molecule has 2 fully saturated rings. The van der Waals surface area contributed by atoms with Gasteiger partial charge in [-0.25, -0.2) is 4.79 Å². The smallest absolute Gasteiger partial charge is 0.328 e. The van der Waals surface area contributed by atoms with E-state index in [1.807, 2.05) is 24.4 Å². The number of nitrogens with zero attached hydrogens (tertiary/aromatic N) is 3. The van der Waals surface area contributed by atoms with Crippen LogP contribution in [0.2, 0.25) is 0 Å². The maximum absolute atomic E-state index is 12.1. The highest BCUT2D eigenvalue weighted by molar-refractivity contribution is 6.07. The van der Waals surface area contributed by atoms with E-state index in [2.05, 4.69) is 27.1 Å². The van der Waals surface area contributed by atoms with Crippen molar-refractivity contribution >= 4 is 34.2 Å². The van der Waals surface area contributed by atoms with Crippen molar-refractivity contribution in [2.75, 3.05) is 49.6 Å². The van der Waals surface area contributed by atoms with E-state index in [1.54, 1.807) is 4.90 Å². The monoisotopic (exact) mass is 327 g/mol. The molecule has 2 aliphatic rings. The van der Waals surface area contributed by atoms with Crippen molar-refractivity contribution in [3.63, 3.8) is 0 Å². The number of hydrogen-bond acceptors (Lipinski definition) is 4. The molecular weight excluding hydrogens is 306 g/mol. The number of aromatic nitrogens is 1. The van der Waals surface area contributed by atoms with Crippen molar-refractivity contribution in [1.29, 1.82) is 0 Å². The van der Waals surface area contributed by atoms with Gasteiger partial charge in [0.05, 0.1) is 5.69 Å². The van der Waals surface area contributed by atoms with E-state index in [-0.39, 0.29) is 11.9 Å². The molecule has 0 aliphatic carbocycles. The van der Waals surface area contributed by atoms with Crippen molar-refractivity contribution in [2.45, 2.75) is 6.42 Å². The number of carbonyl (C=O) groups is 2. The molecule has 0 spiro atoms. The van der Waals surface area contributed by atoms with Gasteiger partial charge in [0.2, 0.25) is 5.91 Å². The minimum atomic E-state index is -0.345. The van der Waals surface area contributed by atoms with E-state index in [9.17, 15) is 9.59 Å². The SMILES string of the molecule is CN1CCN(c2c[nH]c3ccc(N4CCC(=O)NC4=O)cc23)CC1. The van der Waals surface area contributed by atoms with Crippen molar-refractivity contribution in [2.24, 2.45) is 0 Å². The zero-order valence-corrected chi connectivity index (χ0v) is 13.7. The Labute approximate surface area is 140 Å². The molecule has 4 rings (SSSR count). The Hall–Kier alpha value is -2.54. The molecule has 0 unspecified atom stereocenters. The fraction of sp³-hybridized carbons (Fsp3) is 0.412. The highest BCUT2D eigenvalue weighted by Crippen LogP contribution is 2.31. The minimum absolute atomic E-state index is 0.211. The number of rotatable bonds is 2. The molecule has 1 aromatic heterocycles. The van der Waals surface area contributed by atoms with Gasteiger partial charge in [0.25, 0.3) is 0 Å². The Morgan fingerprint density at radius 3 is 2.58 bits per heavy atom. The zero-order valence-electron chi connectivity index (χ0n) is 13.7. The number of carbonyl (C=O) groups excluding carboxylic acids is 2. The van der Waals surface area contributed by atoms with Crippen molar-refractivity contribution < 1.29 is 9.59 Å². The second-order valence-electron chi connectivity index (χ2n) is 6.45. The molecule has 3 heterocycles. The second kappa shape index (κ2) is 5.83. The van der Waals surface area contributed by atoms with E-state index in [0.29, 0.717) is 13.0 Å². The number of amides is 3. The molecular formula is C17H21N5O2. The number of piperazine rings is 1. The second-order valence-corrected chi connectivity index (χ2v) is 6.45. The molecule has 126 valence electrons. The van der Waals surface area contributed by atoms with Gasteiger partial charge in [0.1, 0.15) is 0 Å². The lowest BCUT2D eigenvalue weighted by molar-refractivity contribution is -0.120. The molecule has 24 heavy (non-hydrogen) atoms. The predicted octanol–water partition coefficient (Wildman–Crippen LogP) is 1.37. The fourth-order valence-corrected chi connectivity index (χ4v) is 3.38. The van der Waals surface area contributed by atoms with Crippen LogP contribution in [0.3, 0.4) is 0 Å². The summed E-state index contributed by atoms with van der Waals surface area (Å²) in [5.41, 5.74) is 3.05. The number of anilines is 2. The molecule has 3 amide bonds. The first-order chi connectivity index (χ1) is 11.6. The van der Waals surface area contributed by atoms with Gasteiger partial charge in [-0.1, -0.05) is 0 Å². The average Bonchev–Trinajstić information content (AvgIpc) is 2.99. The van der Waals surface area contributed by atoms with Gasteiger partial charge in [0, 0.05) is 61.9 Å². The number of fused-ring (bicyclic) bond motifs is 1. The molecule has 1 aromatic carbocycles. The van der Waals surface area contributed by atoms with E-state index >= 15 is 0 Å².